The Morgan fingerprint density at radius 2 is 1.83 bits per heavy atom. The fourth-order valence-electron chi connectivity index (χ4n) is 2.88. The summed E-state index contributed by atoms with van der Waals surface area (Å²) in [5.41, 5.74) is 0.525. The number of carbonyl (C=O) groups is 1. The number of piperidine rings is 1. The second kappa shape index (κ2) is 8.06. The van der Waals surface area contributed by atoms with E-state index < -0.39 is 0 Å². The van der Waals surface area contributed by atoms with Gasteiger partial charge in [0.15, 0.2) is 11.5 Å². The van der Waals surface area contributed by atoms with Crippen molar-refractivity contribution < 1.29 is 23.7 Å². The van der Waals surface area contributed by atoms with E-state index in [1.807, 2.05) is 11.8 Å². The van der Waals surface area contributed by atoms with Gasteiger partial charge in [-0.2, -0.15) is 0 Å². The van der Waals surface area contributed by atoms with Crippen molar-refractivity contribution >= 4 is 5.91 Å². The van der Waals surface area contributed by atoms with Gasteiger partial charge < -0.3 is 23.8 Å². The molecule has 1 amide bonds. The Kier molecular flexibility index (Phi) is 6.10. The molecule has 1 fully saturated rings. The molecular formula is C17H25NO5. The van der Waals surface area contributed by atoms with Crippen molar-refractivity contribution in [2.75, 3.05) is 41.0 Å². The zero-order chi connectivity index (χ0) is 16.8. The number of rotatable bonds is 6. The molecule has 1 aliphatic heterocycles. The normalized spacial score (nSPS) is 17.7. The van der Waals surface area contributed by atoms with Crippen molar-refractivity contribution in [3.05, 3.63) is 17.7 Å². The van der Waals surface area contributed by atoms with Crippen molar-refractivity contribution in [2.45, 2.75) is 25.9 Å². The van der Waals surface area contributed by atoms with Crippen LogP contribution in [-0.2, 0) is 4.74 Å². The molecule has 0 aromatic heterocycles. The molecule has 0 aliphatic carbocycles. The highest BCUT2D eigenvalue weighted by Crippen LogP contribution is 2.38. The topological polar surface area (TPSA) is 57.2 Å². The number of ether oxygens (including phenoxy) is 4. The summed E-state index contributed by atoms with van der Waals surface area (Å²) in [6.45, 7) is 3.99. The molecule has 6 nitrogen and oxygen atoms in total. The molecule has 23 heavy (non-hydrogen) atoms. The highest BCUT2D eigenvalue weighted by molar-refractivity contribution is 5.95. The highest BCUT2D eigenvalue weighted by Gasteiger charge is 2.26. The van der Waals surface area contributed by atoms with E-state index >= 15 is 0 Å². The maximum absolute atomic E-state index is 12.8. The Morgan fingerprint density at radius 3 is 2.35 bits per heavy atom. The molecule has 0 radical (unpaired) electrons. The van der Waals surface area contributed by atoms with Crippen molar-refractivity contribution in [3.63, 3.8) is 0 Å². The molecule has 128 valence electrons. The van der Waals surface area contributed by atoms with E-state index in [0.29, 0.717) is 36.0 Å². The summed E-state index contributed by atoms with van der Waals surface area (Å²) in [4.78, 5) is 14.6. The van der Waals surface area contributed by atoms with Crippen LogP contribution in [0.25, 0.3) is 0 Å². The minimum Gasteiger partial charge on any atom is -0.493 e. The third-order valence-electron chi connectivity index (χ3n) is 3.98. The van der Waals surface area contributed by atoms with E-state index in [1.54, 1.807) is 19.2 Å². The van der Waals surface area contributed by atoms with Crippen LogP contribution < -0.4 is 14.2 Å². The summed E-state index contributed by atoms with van der Waals surface area (Å²) in [5.74, 6) is 1.40. The van der Waals surface area contributed by atoms with Gasteiger partial charge in [-0.05, 0) is 31.9 Å². The molecule has 1 atom stereocenters. The second-order valence-electron chi connectivity index (χ2n) is 5.38. The molecule has 6 heteroatoms. The van der Waals surface area contributed by atoms with E-state index in [1.165, 1.54) is 14.2 Å². The maximum Gasteiger partial charge on any atom is 0.254 e. The lowest BCUT2D eigenvalue weighted by Crippen LogP contribution is -2.43. The first-order chi connectivity index (χ1) is 11.1. The lowest BCUT2D eigenvalue weighted by molar-refractivity contribution is 0.00722. The van der Waals surface area contributed by atoms with Crippen LogP contribution >= 0.6 is 0 Å². The number of methoxy groups -OCH3 is 3. The number of amides is 1. The van der Waals surface area contributed by atoms with Gasteiger partial charge in [-0.1, -0.05) is 0 Å². The quantitative estimate of drug-likeness (QED) is 0.804. The van der Waals surface area contributed by atoms with E-state index in [-0.39, 0.29) is 12.0 Å². The Bertz CT molecular complexity index is 519. The van der Waals surface area contributed by atoms with Gasteiger partial charge >= 0.3 is 0 Å². The lowest BCUT2D eigenvalue weighted by atomic mass is 10.1. The predicted molar refractivity (Wildman–Crippen MR) is 86.6 cm³/mol. The molecule has 1 unspecified atom stereocenters. The summed E-state index contributed by atoms with van der Waals surface area (Å²) in [7, 11) is 4.62. The van der Waals surface area contributed by atoms with Crippen LogP contribution in [0.15, 0.2) is 12.1 Å². The van der Waals surface area contributed by atoms with Gasteiger partial charge in [0, 0.05) is 25.3 Å². The van der Waals surface area contributed by atoms with Gasteiger partial charge in [0.1, 0.15) is 0 Å². The molecular weight excluding hydrogens is 298 g/mol. The Labute approximate surface area is 137 Å². The van der Waals surface area contributed by atoms with Crippen LogP contribution in [-0.4, -0.2) is 57.9 Å². The second-order valence-corrected chi connectivity index (χ2v) is 5.38. The highest BCUT2D eigenvalue weighted by atomic mass is 16.5. The van der Waals surface area contributed by atoms with E-state index in [9.17, 15) is 4.79 Å². The summed E-state index contributed by atoms with van der Waals surface area (Å²) in [6.07, 6.45) is 2.05. The van der Waals surface area contributed by atoms with Gasteiger partial charge in [0.05, 0.1) is 27.4 Å². The Morgan fingerprint density at radius 1 is 1.17 bits per heavy atom. The molecule has 1 aliphatic rings. The lowest BCUT2D eigenvalue weighted by Gasteiger charge is -2.32. The molecule has 1 heterocycles. The molecule has 0 bridgehead atoms. The fraction of sp³-hybridized carbons (Fsp3) is 0.588. The molecule has 0 saturated carbocycles. The minimum atomic E-state index is -0.0475. The van der Waals surface area contributed by atoms with E-state index in [2.05, 4.69) is 0 Å². The van der Waals surface area contributed by atoms with E-state index in [4.69, 9.17) is 18.9 Å². The number of likely N-dealkylation sites (tertiary alicyclic amines) is 1. The monoisotopic (exact) mass is 323 g/mol. The summed E-state index contributed by atoms with van der Waals surface area (Å²) >= 11 is 0. The first-order valence-electron chi connectivity index (χ1n) is 7.85. The third kappa shape index (κ3) is 3.88. The van der Waals surface area contributed by atoms with Crippen LogP contribution in [0.1, 0.15) is 30.1 Å². The smallest absolute Gasteiger partial charge is 0.254 e. The van der Waals surface area contributed by atoms with Gasteiger partial charge in [0.2, 0.25) is 5.75 Å². The first-order valence-corrected chi connectivity index (χ1v) is 7.85. The summed E-state index contributed by atoms with van der Waals surface area (Å²) < 4.78 is 21.6. The largest absolute Gasteiger partial charge is 0.493 e. The average molecular weight is 323 g/mol. The van der Waals surface area contributed by atoms with E-state index in [0.717, 1.165) is 19.4 Å². The zero-order valence-corrected chi connectivity index (χ0v) is 14.3. The number of hydrogen-bond acceptors (Lipinski definition) is 5. The fourth-order valence-corrected chi connectivity index (χ4v) is 2.88. The number of hydrogen-bond donors (Lipinski definition) is 0. The van der Waals surface area contributed by atoms with Crippen LogP contribution in [0.5, 0.6) is 17.2 Å². The van der Waals surface area contributed by atoms with Crippen molar-refractivity contribution in [3.8, 4) is 17.2 Å². The number of nitrogens with zero attached hydrogens (tertiary/aromatic N) is 1. The summed E-state index contributed by atoms with van der Waals surface area (Å²) in [6, 6.07) is 3.38. The minimum absolute atomic E-state index is 0.0475. The number of benzene rings is 1. The van der Waals surface area contributed by atoms with Gasteiger partial charge in [-0.15, -0.1) is 0 Å². The molecule has 0 N–H and O–H groups in total. The molecule has 0 spiro atoms. The van der Waals surface area contributed by atoms with Crippen molar-refractivity contribution in [1.82, 2.24) is 4.90 Å². The van der Waals surface area contributed by atoms with Crippen LogP contribution in [0.3, 0.4) is 0 Å². The van der Waals surface area contributed by atoms with Crippen molar-refractivity contribution in [2.24, 2.45) is 0 Å². The number of carbonyl (C=O) groups excluding carboxylic acids is 1. The SMILES string of the molecule is CCOC1CCCN(C(=O)c2cc(OC)c(OC)c(OC)c2)C1. The van der Waals surface area contributed by atoms with Crippen LogP contribution in [0.2, 0.25) is 0 Å². The first kappa shape index (κ1) is 17.4. The third-order valence-corrected chi connectivity index (χ3v) is 3.98. The average Bonchev–Trinajstić information content (AvgIpc) is 2.60. The zero-order valence-electron chi connectivity index (χ0n) is 14.3. The Balaban J connectivity index is 2.24. The Hall–Kier alpha value is -1.95. The standard InChI is InChI=1S/C17H25NO5/c1-5-23-13-7-6-8-18(11-13)17(19)12-9-14(20-2)16(22-4)15(10-12)21-3/h9-10,13H,5-8,11H2,1-4H3. The molecule has 1 saturated heterocycles. The molecule has 1 aromatic carbocycles. The van der Waals surface area contributed by atoms with Crippen molar-refractivity contribution in [1.29, 1.82) is 0 Å². The van der Waals surface area contributed by atoms with Gasteiger partial charge in [0.25, 0.3) is 5.91 Å². The maximum atomic E-state index is 12.8. The van der Waals surface area contributed by atoms with Gasteiger partial charge in [-0.25, -0.2) is 0 Å². The molecule has 1 aromatic rings. The van der Waals surface area contributed by atoms with Crippen LogP contribution in [0.4, 0.5) is 0 Å². The molecule has 2 rings (SSSR count). The van der Waals surface area contributed by atoms with Gasteiger partial charge in [-0.3, -0.25) is 4.79 Å². The summed E-state index contributed by atoms with van der Waals surface area (Å²) in [5, 5.41) is 0. The predicted octanol–water partition coefficient (Wildman–Crippen LogP) is 2.35. The van der Waals surface area contributed by atoms with Crippen LogP contribution in [0, 0.1) is 0 Å².